The van der Waals surface area contributed by atoms with Gasteiger partial charge in [0.05, 0.1) is 13.2 Å². The Balaban J connectivity index is 0.000000161. The molecule has 2 saturated heterocycles. The van der Waals surface area contributed by atoms with Crippen LogP contribution < -0.4 is 0 Å². The molecule has 0 aromatic heterocycles. The van der Waals surface area contributed by atoms with Crippen LogP contribution in [0.2, 0.25) is 0 Å². The van der Waals surface area contributed by atoms with Crippen LogP contribution in [0.25, 0.3) is 0 Å². The topological polar surface area (TPSA) is 131 Å². The molecular formula is C127H148FNO7. The van der Waals surface area contributed by atoms with E-state index >= 15 is 0 Å². The molecule has 3 unspecified atom stereocenters. The van der Waals surface area contributed by atoms with Gasteiger partial charge in [0, 0.05) is 101 Å². The second-order valence-corrected chi connectivity index (χ2v) is 41.8. The van der Waals surface area contributed by atoms with E-state index in [1.54, 1.807) is 7.05 Å². The Labute approximate surface area is 817 Å². The van der Waals surface area contributed by atoms with Crippen molar-refractivity contribution in [1.29, 1.82) is 0 Å². The number of aryl methyl sites for hydroxylation is 1. The molecule has 2 aliphatic heterocycles. The third-order valence-corrected chi connectivity index (χ3v) is 26.4. The molecule has 9 aliphatic rings. The van der Waals surface area contributed by atoms with E-state index in [0.29, 0.717) is 97.2 Å². The average Bonchev–Trinajstić information content (AvgIpc) is 1.36. The zero-order chi connectivity index (χ0) is 98.6. The predicted molar refractivity (Wildman–Crippen MR) is 560 cm³/mol. The van der Waals surface area contributed by atoms with Gasteiger partial charge in [0.25, 0.3) is 5.91 Å². The molecule has 0 spiro atoms. The molecule has 136 heavy (non-hydrogen) atoms. The molecular weight excluding hydrogens is 1670 g/mol. The van der Waals surface area contributed by atoms with E-state index in [2.05, 4.69) is 358 Å². The zero-order valence-electron chi connectivity index (χ0n) is 84.7. The van der Waals surface area contributed by atoms with Crippen LogP contribution >= 0.6 is 0 Å². The van der Waals surface area contributed by atoms with Crippen molar-refractivity contribution in [2.75, 3.05) is 26.8 Å². The smallest absolute Gasteiger partial charge is 0.267 e. The molecule has 8 nitrogen and oxygen atoms in total. The van der Waals surface area contributed by atoms with E-state index in [-0.39, 0.29) is 18.7 Å². The number of rotatable bonds is 9. The van der Waals surface area contributed by atoms with E-state index in [1.807, 2.05) is 79.7 Å². The van der Waals surface area contributed by atoms with Gasteiger partial charge in [0.1, 0.15) is 22.5 Å². The first kappa shape index (κ1) is 107. The normalized spacial score (nSPS) is 21.1. The lowest BCUT2D eigenvalue weighted by Gasteiger charge is -2.58. The first-order valence-corrected chi connectivity index (χ1v) is 49.7. The van der Waals surface area contributed by atoms with Gasteiger partial charge in [-0.2, -0.15) is 0 Å². The van der Waals surface area contributed by atoms with Crippen LogP contribution in [0.1, 0.15) is 368 Å². The number of carbonyl (C=O) groups excluding carboxylic acids is 1. The first-order valence-electron chi connectivity index (χ1n) is 49.7. The third kappa shape index (κ3) is 33.8. The highest BCUT2D eigenvalue weighted by Crippen LogP contribution is 2.64. The summed E-state index contributed by atoms with van der Waals surface area (Å²) in [5, 5.41) is 50.2. The lowest BCUT2D eigenvalue weighted by Crippen LogP contribution is -2.51. The molecule has 9 aromatic carbocycles. The number of ether oxygens (including phenoxy) is 1. The van der Waals surface area contributed by atoms with Gasteiger partial charge in [-0.3, -0.25) is 4.79 Å². The SMILES string of the molecule is CC(C)c1cccc(C#CC(C)(O)C2CC2)c1.CC(C)c1cccc(C#CC2(O)CC(C)(F)C2)c1.CC(C)c1cccc(C#CC2(O)CCC2)c1.CC(C)c1cccc(C#CC2(O)CCN(C)C2=O)c1.CC(C)c1cccc(C#CC2(O)CCOC2)c1.CC(C)c1cccc(C#CC23CC(C2)C3)c1.CC(C)c1cccc(C#CC2CCC2)c1.Cc1ccc(C#Cc2cccc(C(C)C)c2)cc1. The number of alkyl halides is 1. The van der Waals surface area contributed by atoms with Crippen LogP contribution in [0.5, 0.6) is 0 Å². The fourth-order valence-electron chi connectivity index (χ4n) is 16.4. The molecule has 1 amide bonds. The fourth-order valence-corrected chi connectivity index (χ4v) is 16.4. The van der Waals surface area contributed by atoms with E-state index in [4.69, 9.17) is 4.74 Å². The number of nitrogens with zero attached hydrogens (tertiary/aromatic N) is 1. The van der Waals surface area contributed by atoms with Gasteiger partial charge in [-0.1, -0.05) is 327 Å². The summed E-state index contributed by atoms with van der Waals surface area (Å²) >= 11 is 0. The Hall–Kier alpha value is -11.4. The Morgan fingerprint density at radius 3 is 1.01 bits per heavy atom. The number of hydrogen-bond acceptors (Lipinski definition) is 7. The summed E-state index contributed by atoms with van der Waals surface area (Å²) in [4.78, 5) is 13.3. The van der Waals surface area contributed by atoms with E-state index in [0.717, 1.165) is 77.0 Å². The summed E-state index contributed by atoms with van der Waals surface area (Å²) in [5.41, 5.74) is 14.9. The zero-order valence-corrected chi connectivity index (χ0v) is 84.7. The Kier molecular flexibility index (Phi) is 38.5. The highest BCUT2D eigenvalue weighted by Gasteiger charge is 2.55. The molecule has 7 aliphatic carbocycles. The Morgan fingerprint density at radius 2 is 0.721 bits per heavy atom. The summed E-state index contributed by atoms with van der Waals surface area (Å²) in [6.07, 6.45) is 14.2. The van der Waals surface area contributed by atoms with Gasteiger partial charge >= 0.3 is 0 Å². The maximum absolute atomic E-state index is 13.4. The van der Waals surface area contributed by atoms with Gasteiger partial charge in [-0.25, -0.2) is 4.39 Å². The van der Waals surface area contributed by atoms with Crippen LogP contribution in [-0.2, 0) is 9.53 Å². The van der Waals surface area contributed by atoms with Gasteiger partial charge in [0.15, 0.2) is 5.60 Å². The molecule has 710 valence electrons. The summed E-state index contributed by atoms with van der Waals surface area (Å²) in [5.74, 6) is 55.4. The number of amides is 1. The van der Waals surface area contributed by atoms with Crippen molar-refractivity contribution in [2.45, 2.75) is 309 Å². The summed E-state index contributed by atoms with van der Waals surface area (Å²) in [6.45, 7) is 41.7. The van der Waals surface area contributed by atoms with Gasteiger partial charge in [0.2, 0.25) is 5.60 Å². The molecule has 2 bridgehead atoms. The van der Waals surface area contributed by atoms with Crippen molar-refractivity contribution in [3.63, 3.8) is 0 Å². The minimum absolute atomic E-state index is 0.108. The van der Waals surface area contributed by atoms with E-state index in [9.17, 15) is 34.7 Å². The van der Waals surface area contributed by atoms with Gasteiger partial charge in [-0.15, -0.1) is 0 Å². The molecule has 0 radical (unpaired) electrons. The number of likely N-dealkylation sites (N-methyl/N-ethyl adjacent to an activating group) is 1. The average molecular weight is 1820 g/mol. The van der Waals surface area contributed by atoms with Crippen molar-refractivity contribution in [3.8, 4) is 94.7 Å². The van der Waals surface area contributed by atoms with Gasteiger partial charge < -0.3 is 35.2 Å². The first-order chi connectivity index (χ1) is 64.5. The van der Waals surface area contributed by atoms with Crippen LogP contribution in [0, 0.1) is 125 Å². The minimum Gasteiger partial charge on any atom is -0.378 e. The number of halogens is 1. The Morgan fingerprint density at radius 1 is 0.390 bits per heavy atom. The predicted octanol–water partition coefficient (Wildman–Crippen LogP) is 26.3. The fraction of sp³-hybridized carbons (Fsp3) is 0.441. The minimum atomic E-state index is -1.51. The van der Waals surface area contributed by atoms with Crippen molar-refractivity contribution < 1.29 is 39.5 Å². The second-order valence-electron chi connectivity index (χ2n) is 41.8. The van der Waals surface area contributed by atoms with E-state index < -0.39 is 33.7 Å². The molecule has 7 saturated carbocycles. The van der Waals surface area contributed by atoms with Crippen molar-refractivity contribution in [2.24, 2.45) is 23.2 Å². The molecule has 18 rings (SSSR count). The molecule has 9 aromatic rings. The van der Waals surface area contributed by atoms with Crippen LogP contribution in [0.3, 0.4) is 0 Å². The maximum Gasteiger partial charge on any atom is 0.267 e. The van der Waals surface area contributed by atoms with Crippen LogP contribution in [0.4, 0.5) is 4.39 Å². The number of aliphatic hydroxyl groups is 5. The van der Waals surface area contributed by atoms with E-state index in [1.165, 1.54) is 112 Å². The molecule has 9 heteroatoms. The Bertz CT molecular complexity index is 5880. The maximum atomic E-state index is 13.4. The van der Waals surface area contributed by atoms with Crippen molar-refractivity contribution in [1.82, 2.24) is 4.90 Å². The number of likely N-dealkylation sites (tertiary alicyclic amines) is 1. The molecule has 5 N–H and O–H groups in total. The molecule has 3 atom stereocenters. The second kappa shape index (κ2) is 49.1. The van der Waals surface area contributed by atoms with Crippen molar-refractivity contribution in [3.05, 3.63) is 319 Å². The summed E-state index contributed by atoms with van der Waals surface area (Å²) in [7, 11) is 1.68. The lowest BCUT2D eigenvalue weighted by molar-refractivity contribution is -0.137. The molecule has 2 heterocycles. The highest BCUT2D eigenvalue weighted by atomic mass is 19.1. The quantitative estimate of drug-likeness (QED) is 0.0910. The highest BCUT2D eigenvalue weighted by molar-refractivity contribution is 5.90. The summed E-state index contributed by atoms with van der Waals surface area (Å²) in [6, 6.07) is 74.6. The largest absolute Gasteiger partial charge is 0.378 e. The monoisotopic (exact) mass is 1820 g/mol. The van der Waals surface area contributed by atoms with Gasteiger partial charge in [-0.05, 0) is 298 Å². The number of hydrogen-bond donors (Lipinski definition) is 5. The van der Waals surface area contributed by atoms with Crippen molar-refractivity contribution >= 4 is 5.91 Å². The summed E-state index contributed by atoms with van der Waals surface area (Å²) < 4.78 is 18.5. The molecule has 9 fully saturated rings. The lowest BCUT2D eigenvalue weighted by atomic mass is 9.45. The van der Waals surface area contributed by atoms with Crippen LogP contribution in [-0.4, -0.2) is 96.8 Å². The van der Waals surface area contributed by atoms with Crippen LogP contribution in [0.15, 0.2) is 218 Å². The standard InChI is InChI=1S/C18H18.C16H19FO.C16H19NO2.C16H20O.C16H18.C15H18O2.C15H18O.C15H18/c1-14(2)18-6-4-5-17(13-18)12-11-16-9-7-15(3)8-10-16;1-12(2)14-6-4-5-13(9-14)7-8-16(18)10-15(3,17)11-16;1-12(2)14-6-4-5-13(11-14)7-8-16(19)9-10-17(3)15(16)18;1-12(2)14-6-4-5-13(11-14)9-10-16(3,17)15-7-8-15;1-12(2)15-5-3-4-13(8-15)6-7-16-9-14(10-16)11-16;1-12(2)14-5-3-4-13(10-14)6-7-15(16)8-9-17-11-15;1-12(2)14-6-3-5-13(11-14)7-10-15(16)8-4-9-15;1-12(2)15-8-4-7-14(11-15)10-9-13-5-3-6-13/h4-10,13-14H,1-3H3;4-6,9,12,18H,10-11H2,1-3H3;4-6,11-12,19H,9-10H2,1-3H3;4-6,11-12,15,17H,7-8H2,1-3H3;3-5,8,12,14H,9-11H2,1-2H3;3-5,10,12,16H,8-9,11H2,1-2H3;3,5-6,11-12,16H,4,8-9H2,1-2H3;4,7-8,11-13H,3,5-6H2,1-2H3. The number of carbonyl (C=O) groups is 1. The third-order valence-electron chi connectivity index (χ3n) is 26.4. The number of benzene rings is 9.